The van der Waals surface area contributed by atoms with Crippen molar-refractivity contribution >= 4 is 22.6 Å². The van der Waals surface area contributed by atoms with Gasteiger partial charge in [0.25, 0.3) is 0 Å². The molecule has 0 bridgehead atoms. The molecule has 0 radical (unpaired) electrons. The highest BCUT2D eigenvalue weighted by atomic mass is 35.5. The largest absolute Gasteiger partial charge is 0.354 e. The normalized spacial score (nSPS) is 17.9. The number of rotatable bonds is 10. The number of benzene rings is 2. The summed E-state index contributed by atoms with van der Waals surface area (Å²) >= 11 is 6.26. The monoisotopic (exact) mass is 602 g/mol. The lowest BCUT2D eigenvalue weighted by Crippen LogP contribution is -2.37. The van der Waals surface area contributed by atoms with E-state index >= 15 is 4.39 Å². The fraction of sp³-hybridized carbons (Fsp3) is 0.375. The minimum Gasteiger partial charge on any atom is -0.339 e. The third-order valence-corrected chi connectivity index (χ3v) is 8.52. The lowest BCUT2D eigenvalue weighted by molar-refractivity contribution is 0.299. The molecule has 0 unspecified atom stereocenters. The van der Waals surface area contributed by atoms with Gasteiger partial charge in [0, 0.05) is 48.0 Å². The van der Waals surface area contributed by atoms with Crippen LogP contribution in [0, 0.1) is 5.82 Å². The van der Waals surface area contributed by atoms with Crippen LogP contribution in [-0.4, -0.2) is 41.6 Å². The summed E-state index contributed by atoms with van der Waals surface area (Å²) in [5, 5.41) is 12.5. The van der Waals surface area contributed by atoms with Gasteiger partial charge in [-0.1, -0.05) is 35.4 Å². The summed E-state index contributed by atoms with van der Waals surface area (Å²) in [6.45, 7) is 2.81. The molecular weight excluding hydrogens is 567 g/mol. The fourth-order valence-corrected chi connectivity index (χ4v) is 6.20. The van der Waals surface area contributed by atoms with Crippen LogP contribution in [0.15, 0.2) is 65.8 Å². The molecule has 6 rings (SSSR count). The van der Waals surface area contributed by atoms with Gasteiger partial charge >= 0.3 is 5.69 Å². The Kier molecular flexibility index (Phi) is 8.69. The predicted octanol–water partition coefficient (Wildman–Crippen LogP) is 5.71. The molecule has 11 heteroatoms. The molecule has 0 saturated carbocycles. The maximum absolute atomic E-state index is 15.1. The number of fused-ring (bicyclic) bond motifs is 1. The Balaban J connectivity index is 1.20. The van der Waals surface area contributed by atoms with Crippen LogP contribution in [0.25, 0.3) is 28.0 Å². The molecule has 4 N–H and O–H groups in total. The number of aromatic nitrogens is 6. The quantitative estimate of drug-likeness (QED) is 0.188. The van der Waals surface area contributed by atoms with Gasteiger partial charge in [0.1, 0.15) is 5.65 Å². The van der Waals surface area contributed by atoms with Crippen molar-refractivity contribution in [3.63, 3.8) is 0 Å². The van der Waals surface area contributed by atoms with Gasteiger partial charge in [0.2, 0.25) is 0 Å². The SMILES string of the molecule is C[C@H](N)CCCc1cc(Cl)c(F)c(-c2cc3cn(-c4ccc([C@@H]5CCC[C@@H](CCn6ccnn6)N5)cc4)c(=O)nc3[nH]2)c1. The zero-order valence-corrected chi connectivity index (χ0v) is 24.9. The maximum Gasteiger partial charge on any atom is 0.354 e. The molecule has 0 aliphatic carbocycles. The first-order chi connectivity index (χ1) is 20.8. The van der Waals surface area contributed by atoms with Crippen molar-refractivity contribution in [3.05, 3.63) is 93.5 Å². The molecule has 1 aliphatic heterocycles. The number of nitrogens with one attached hydrogen (secondary N) is 2. The van der Waals surface area contributed by atoms with Crippen LogP contribution in [0.4, 0.5) is 4.39 Å². The highest BCUT2D eigenvalue weighted by Gasteiger charge is 2.22. The second kappa shape index (κ2) is 12.8. The minimum atomic E-state index is -0.507. The summed E-state index contributed by atoms with van der Waals surface area (Å²) in [6.07, 6.45) is 12.2. The van der Waals surface area contributed by atoms with Gasteiger partial charge in [0.15, 0.2) is 5.82 Å². The third kappa shape index (κ3) is 6.71. The molecule has 1 fully saturated rings. The van der Waals surface area contributed by atoms with Gasteiger partial charge in [0.05, 0.1) is 22.6 Å². The lowest BCUT2D eigenvalue weighted by atomic mass is 9.92. The maximum atomic E-state index is 15.1. The topological polar surface area (TPSA) is 119 Å². The molecule has 0 spiro atoms. The van der Waals surface area contributed by atoms with Crippen molar-refractivity contribution in [2.75, 3.05) is 0 Å². The first-order valence-corrected chi connectivity index (χ1v) is 15.3. The Morgan fingerprint density at radius 3 is 2.79 bits per heavy atom. The molecule has 1 saturated heterocycles. The molecule has 4 heterocycles. The summed E-state index contributed by atoms with van der Waals surface area (Å²) in [4.78, 5) is 20.4. The first-order valence-electron chi connectivity index (χ1n) is 14.9. The number of hydrogen-bond acceptors (Lipinski definition) is 6. The van der Waals surface area contributed by atoms with E-state index < -0.39 is 11.5 Å². The lowest BCUT2D eigenvalue weighted by Gasteiger charge is -2.31. The van der Waals surface area contributed by atoms with Crippen molar-refractivity contribution in [2.45, 2.75) is 76.5 Å². The molecule has 3 atom stereocenters. The van der Waals surface area contributed by atoms with Crippen molar-refractivity contribution in [3.8, 4) is 16.9 Å². The van der Waals surface area contributed by atoms with Crippen LogP contribution in [0.5, 0.6) is 0 Å². The van der Waals surface area contributed by atoms with E-state index in [9.17, 15) is 4.79 Å². The Bertz CT molecular complexity index is 1750. The summed E-state index contributed by atoms with van der Waals surface area (Å²) in [5.74, 6) is -0.507. The Labute approximate surface area is 254 Å². The number of aryl methyl sites for hydroxylation is 2. The molecular formula is C32H36ClFN8O. The van der Waals surface area contributed by atoms with Crippen molar-refractivity contribution in [2.24, 2.45) is 5.73 Å². The number of aromatic amines is 1. The van der Waals surface area contributed by atoms with E-state index in [-0.39, 0.29) is 17.1 Å². The zero-order valence-electron chi connectivity index (χ0n) is 24.1. The molecule has 1 aliphatic rings. The van der Waals surface area contributed by atoms with Gasteiger partial charge in [-0.3, -0.25) is 9.25 Å². The van der Waals surface area contributed by atoms with Gasteiger partial charge in [-0.15, -0.1) is 5.10 Å². The van der Waals surface area contributed by atoms with Crippen molar-refractivity contribution in [1.82, 2.24) is 34.8 Å². The Morgan fingerprint density at radius 1 is 1.19 bits per heavy atom. The molecule has 3 aromatic heterocycles. The zero-order chi connectivity index (χ0) is 29.9. The van der Waals surface area contributed by atoms with Crippen LogP contribution in [0.3, 0.4) is 0 Å². The number of hydrogen-bond donors (Lipinski definition) is 3. The smallest absolute Gasteiger partial charge is 0.339 e. The van der Waals surface area contributed by atoms with Crippen LogP contribution in [0.2, 0.25) is 5.02 Å². The second-order valence-electron chi connectivity index (χ2n) is 11.6. The number of halogens is 2. The van der Waals surface area contributed by atoms with E-state index in [1.54, 1.807) is 30.6 Å². The van der Waals surface area contributed by atoms with Crippen LogP contribution in [0.1, 0.15) is 62.6 Å². The van der Waals surface area contributed by atoms with E-state index in [1.807, 2.05) is 29.9 Å². The highest BCUT2D eigenvalue weighted by molar-refractivity contribution is 6.31. The molecule has 9 nitrogen and oxygen atoms in total. The summed E-state index contributed by atoms with van der Waals surface area (Å²) in [6, 6.07) is 14.1. The van der Waals surface area contributed by atoms with Gasteiger partial charge in [-0.25, -0.2) is 9.18 Å². The Morgan fingerprint density at radius 2 is 2.02 bits per heavy atom. The predicted molar refractivity (Wildman–Crippen MR) is 167 cm³/mol. The fourth-order valence-electron chi connectivity index (χ4n) is 5.96. The minimum absolute atomic E-state index is 0.0635. The van der Waals surface area contributed by atoms with Crippen LogP contribution in [-0.2, 0) is 13.0 Å². The van der Waals surface area contributed by atoms with E-state index in [0.717, 1.165) is 62.7 Å². The van der Waals surface area contributed by atoms with Crippen LogP contribution < -0.4 is 16.7 Å². The number of nitrogens with two attached hydrogens (primary N) is 1. The standard InChI is InChI=1S/C32H36ClFN8O/c1-20(35)4-2-5-21-16-26(30(34)27(33)17-21)29-18-23-19-42(32(43)39-31(23)38-29)25-10-8-22(9-11-25)28-7-3-6-24(37-28)12-14-41-15-13-36-40-41/h8-11,13,15-20,24,28,37H,2-7,12,14,35H2,1H3,(H,38,39,43)/t20-,24-,28-/m0/s1. The van der Waals surface area contributed by atoms with Crippen molar-refractivity contribution < 1.29 is 4.39 Å². The molecule has 0 amide bonds. The average Bonchev–Trinajstić information content (AvgIpc) is 3.67. The van der Waals surface area contributed by atoms with E-state index in [4.69, 9.17) is 17.3 Å². The number of H-pyrrole nitrogens is 1. The van der Waals surface area contributed by atoms with Gasteiger partial charge in [-0.2, -0.15) is 4.98 Å². The van der Waals surface area contributed by atoms with Crippen molar-refractivity contribution in [1.29, 1.82) is 0 Å². The van der Waals surface area contributed by atoms with E-state index in [1.165, 1.54) is 10.1 Å². The van der Waals surface area contributed by atoms with Gasteiger partial charge in [-0.05, 0) is 86.9 Å². The highest BCUT2D eigenvalue weighted by Crippen LogP contribution is 2.32. The number of nitrogens with zero attached hydrogens (tertiary/aromatic N) is 5. The average molecular weight is 603 g/mol. The molecule has 2 aromatic carbocycles. The Hall–Kier alpha value is -3.86. The summed E-state index contributed by atoms with van der Waals surface area (Å²) in [5.41, 5.74) is 9.57. The number of piperidine rings is 1. The van der Waals surface area contributed by atoms with E-state index in [2.05, 4.69) is 37.7 Å². The van der Waals surface area contributed by atoms with Gasteiger partial charge < -0.3 is 16.0 Å². The summed E-state index contributed by atoms with van der Waals surface area (Å²) < 4.78 is 18.5. The molecule has 224 valence electrons. The van der Waals surface area contributed by atoms with Crippen LogP contribution >= 0.6 is 11.6 Å². The second-order valence-corrected chi connectivity index (χ2v) is 12.0. The molecule has 5 aromatic rings. The molecule has 43 heavy (non-hydrogen) atoms. The third-order valence-electron chi connectivity index (χ3n) is 8.25. The van der Waals surface area contributed by atoms with E-state index in [0.29, 0.717) is 28.3 Å². The summed E-state index contributed by atoms with van der Waals surface area (Å²) in [7, 11) is 0. The first kappa shape index (κ1) is 29.2.